The van der Waals surface area contributed by atoms with Crippen LogP contribution in [0, 0.1) is 57.7 Å². The molecular formula is C37H50O14. The number of aliphatic hydroxyl groups is 3. The molecule has 3 aliphatic heterocycles. The van der Waals surface area contributed by atoms with Crippen LogP contribution in [0.1, 0.15) is 81.6 Å². The largest absolute Gasteiger partial charge is 0.462 e. The van der Waals surface area contributed by atoms with Gasteiger partial charge in [0, 0.05) is 55.3 Å². The molecule has 0 amide bonds. The quantitative estimate of drug-likeness (QED) is 0.208. The Morgan fingerprint density at radius 1 is 0.961 bits per heavy atom. The van der Waals surface area contributed by atoms with Gasteiger partial charge in [0.05, 0.1) is 11.5 Å². The summed E-state index contributed by atoms with van der Waals surface area (Å²) >= 11 is 0. The predicted octanol–water partition coefficient (Wildman–Crippen LogP) is 1.22. The SMILES string of the molecule is CC(=O)O[C@H]1CC2C([C@@H]3[C@@H](OC(C)=O)C4[C@H]([C@H](C)[C@H]5O[C@]56OC(=O)[C@@](C)(O)[C@]46C)[C@@]13C)[C@@H](O)C(=O)[C@@]1(O)C[C@@H]3O[C@@H]3[C@H](OC(=O)CC(C)C)[C@]21C. The molecule has 0 aromatic carbocycles. The molecule has 3 unspecified atom stereocenters. The molecule has 19 atom stereocenters. The number of Topliss-reactive ketones (excluding diaryl/α,β-unsaturated/α-hetero) is 1. The van der Waals surface area contributed by atoms with Crippen LogP contribution in [0.2, 0.25) is 0 Å². The maximum atomic E-state index is 14.6. The Morgan fingerprint density at radius 2 is 1.61 bits per heavy atom. The van der Waals surface area contributed by atoms with Crippen molar-refractivity contribution in [2.75, 3.05) is 0 Å². The van der Waals surface area contributed by atoms with E-state index >= 15 is 0 Å². The summed E-state index contributed by atoms with van der Waals surface area (Å²) in [5.74, 6) is -9.61. The second-order valence-electron chi connectivity index (χ2n) is 18.1. The molecule has 8 rings (SSSR count). The Labute approximate surface area is 296 Å². The fraction of sp³-hybridized carbons (Fsp3) is 0.865. The van der Waals surface area contributed by atoms with Gasteiger partial charge in [0.25, 0.3) is 0 Å². The molecule has 8 aliphatic rings. The number of ketones is 1. The van der Waals surface area contributed by atoms with Gasteiger partial charge >= 0.3 is 23.9 Å². The molecule has 1 spiro atoms. The summed E-state index contributed by atoms with van der Waals surface area (Å²) in [5, 5.41) is 36.8. The fourth-order valence-electron chi connectivity index (χ4n) is 13.1. The summed E-state index contributed by atoms with van der Waals surface area (Å²) in [7, 11) is 0. The first-order valence-electron chi connectivity index (χ1n) is 18.3. The predicted molar refractivity (Wildman–Crippen MR) is 170 cm³/mol. The Hall–Kier alpha value is -2.65. The van der Waals surface area contributed by atoms with Gasteiger partial charge in [-0.05, 0) is 43.9 Å². The maximum absolute atomic E-state index is 14.6. The molecule has 3 N–H and O–H groups in total. The first kappa shape index (κ1) is 35.4. The van der Waals surface area contributed by atoms with Crippen LogP contribution in [0.3, 0.4) is 0 Å². The zero-order chi connectivity index (χ0) is 37.3. The van der Waals surface area contributed by atoms with Crippen molar-refractivity contribution in [1.29, 1.82) is 0 Å². The van der Waals surface area contributed by atoms with Crippen molar-refractivity contribution in [3.8, 4) is 0 Å². The van der Waals surface area contributed by atoms with Crippen LogP contribution in [0.15, 0.2) is 0 Å². The third-order valence-corrected chi connectivity index (χ3v) is 15.4. The molecule has 14 nitrogen and oxygen atoms in total. The van der Waals surface area contributed by atoms with Gasteiger partial charge in [-0.3, -0.25) is 19.2 Å². The molecule has 3 saturated heterocycles. The van der Waals surface area contributed by atoms with E-state index in [1.54, 1.807) is 13.8 Å². The van der Waals surface area contributed by atoms with Gasteiger partial charge in [0.2, 0.25) is 5.79 Å². The van der Waals surface area contributed by atoms with Crippen molar-refractivity contribution in [3.63, 3.8) is 0 Å². The average Bonchev–Trinajstić information content (AvgIpc) is 3.91. The number of epoxide rings is 2. The van der Waals surface area contributed by atoms with Gasteiger partial charge in [0.1, 0.15) is 42.2 Å². The van der Waals surface area contributed by atoms with Crippen LogP contribution in [-0.4, -0.2) is 105 Å². The van der Waals surface area contributed by atoms with Gasteiger partial charge in [0.15, 0.2) is 11.4 Å². The van der Waals surface area contributed by atoms with Gasteiger partial charge in [-0.15, -0.1) is 0 Å². The van der Waals surface area contributed by atoms with Crippen molar-refractivity contribution in [2.24, 2.45) is 57.7 Å². The number of aliphatic hydroxyl groups excluding tert-OH is 1. The highest BCUT2D eigenvalue weighted by molar-refractivity contribution is 5.94. The molecule has 5 aliphatic carbocycles. The second kappa shape index (κ2) is 10.3. The van der Waals surface area contributed by atoms with E-state index in [1.165, 1.54) is 20.8 Å². The van der Waals surface area contributed by atoms with Crippen LogP contribution < -0.4 is 0 Å². The van der Waals surface area contributed by atoms with E-state index in [2.05, 4.69) is 0 Å². The summed E-state index contributed by atoms with van der Waals surface area (Å²) in [6.07, 6.45) is -6.72. The van der Waals surface area contributed by atoms with Crippen LogP contribution in [0.25, 0.3) is 0 Å². The lowest BCUT2D eigenvalue weighted by Gasteiger charge is -2.65. The Kier molecular flexibility index (Phi) is 7.15. The van der Waals surface area contributed by atoms with Crippen molar-refractivity contribution in [2.45, 2.75) is 141 Å². The molecule has 51 heavy (non-hydrogen) atoms. The van der Waals surface area contributed by atoms with E-state index in [-0.39, 0.29) is 25.2 Å². The highest BCUT2D eigenvalue weighted by Crippen LogP contribution is 2.81. The topological polar surface area (TPSA) is 208 Å². The summed E-state index contributed by atoms with van der Waals surface area (Å²) < 4.78 is 36.7. The number of hydrogen-bond acceptors (Lipinski definition) is 14. The van der Waals surface area contributed by atoms with Crippen LogP contribution in [-0.2, 0) is 52.4 Å². The van der Waals surface area contributed by atoms with E-state index in [0.29, 0.717) is 0 Å². The number of rotatable bonds is 5. The van der Waals surface area contributed by atoms with Gasteiger partial charge < -0.3 is 43.7 Å². The number of fused-ring (bicyclic) bond motifs is 9. The van der Waals surface area contributed by atoms with Crippen molar-refractivity contribution in [1.82, 2.24) is 0 Å². The summed E-state index contributed by atoms with van der Waals surface area (Å²) in [6, 6.07) is 0. The van der Waals surface area contributed by atoms with E-state index in [4.69, 9.17) is 28.4 Å². The number of hydrogen-bond donors (Lipinski definition) is 3. The lowest BCUT2D eigenvalue weighted by atomic mass is 9.40. The minimum absolute atomic E-state index is 0.0354. The highest BCUT2D eigenvalue weighted by atomic mass is 16.8. The van der Waals surface area contributed by atoms with E-state index < -0.39 is 141 Å². The second-order valence-corrected chi connectivity index (χ2v) is 18.1. The summed E-state index contributed by atoms with van der Waals surface area (Å²) in [4.78, 5) is 67.5. The smallest absolute Gasteiger partial charge is 0.341 e. The van der Waals surface area contributed by atoms with Gasteiger partial charge in [-0.25, -0.2) is 4.79 Å². The standard InChI is InChI=1S/C37H50O14/c1-13(2)10-20(40)49-30-26-18(48-26)12-36(45)28(42)25(41)21-17(33(30,36)7)11-19(46-15(4)38)32(6)22-14(3)29-37(50-29)34(8,35(9,44)31(43)51-37)24(22)27(23(21)32)47-16(5)39/h13-14,17-19,21-27,29-30,41,44-45H,10-12H2,1-9H3/t14-,17?,18-,19-,21?,22-,23+,24?,25+,26-,27+,29+,30-,32+,33-,34-,35+,36-,37-/m0/s1. The first-order chi connectivity index (χ1) is 23.5. The van der Waals surface area contributed by atoms with Crippen LogP contribution in [0.4, 0.5) is 0 Å². The Bertz CT molecular complexity index is 1620. The Balaban J connectivity index is 1.34. The Morgan fingerprint density at radius 3 is 2.22 bits per heavy atom. The minimum Gasteiger partial charge on any atom is -0.462 e. The van der Waals surface area contributed by atoms with Gasteiger partial charge in [-0.1, -0.05) is 34.6 Å². The molecule has 0 bridgehead atoms. The average molecular weight is 719 g/mol. The maximum Gasteiger partial charge on any atom is 0.341 e. The van der Waals surface area contributed by atoms with E-state index in [0.717, 1.165) is 0 Å². The molecule has 0 aromatic heterocycles. The molecule has 3 heterocycles. The molecular weight excluding hydrogens is 668 g/mol. The number of ether oxygens (including phenoxy) is 6. The highest BCUT2D eigenvalue weighted by Gasteiger charge is 2.93. The van der Waals surface area contributed by atoms with E-state index in [1.807, 2.05) is 27.7 Å². The third-order valence-electron chi connectivity index (χ3n) is 15.4. The number of esters is 4. The molecule has 0 aromatic rings. The van der Waals surface area contributed by atoms with Crippen molar-refractivity contribution in [3.05, 3.63) is 0 Å². The normalized spacial score (nSPS) is 56.9. The number of carbonyl (C=O) groups excluding carboxylic acids is 5. The molecule has 14 heteroatoms. The lowest BCUT2D eigenvalue weighted by molar-refractivity contribution is -0.268. The molecule has 0 radical (unpaired) electrons. The zero-order valence-electron chi connectivity index (χ0n) is 30.5. The first-order valence-corrected chi connectivity index (χ1v) is 18.3. The van der Waals surface area contributed by atoms with Gasteiger partial charge in [-0.2, -0.15) is 0 Å². The van der Waals surface area contributed by atoms with Crippen molar-refractivity contribution < 1.29 is 67.7 Å². The zero-order valence-corrected chi connectivity index (χ0v) is 30.5. The van der Waals surface area contributed by atoms with Crippen molar-refractivity contribution >= 4 is 29.7 Å². The summed E-state index contributed by atoms with van der Waals surface area (Å²) in [5.41, 5.74) is -8.44. The fourth-order valence-corrected chi connectivity index (χ4v) is 13.1. The monoisotopic (exact) mass is 718 g/mol. The minimum atomic E-state index is -2.18. The lowest BCUT2D eigenvalue weighted by Crippen LogP contribution is -2.77. The molecule has 8 fully saturated rings. The molecule has 5 saturated carbocycles. The van der Waals surface area contributed by atoms with E-state index in [9.17, 15) is 39.3 Å². The third kappa shape index (κ3) is 3.93. The summed E-state index contributed by atoms with van der Waals surface area (Å²) in [6.45, 7) is 14.8. The van der Waals surface area contributed by atoms with Crippen LogP contribution >= 0.6 is 0 Å². The van der Waals surface area contributed by atoms with Crippen LogP contribution in [0.5, 0.6) is 0 Å². The molecule has 282 valence electrons. The number of carbonyl (C=O) groups is 5.